The summed E-state index contributed by atoms with van der Waals surface area (Å²) in [7, 11) is 0. The number of hydrogen-bond donors (Lipinski definition) is 2. The molecule has 0 saturated carbocycles. The number of anilines is 1. The summed E-state index contributed by atoms with van der Waals surface area (Å²) in [6.07, 6.45) is 0. The molecule has 1 heterocycles. The van der Waals surface area contributed by atoms with Crippen molar-refractivity contribution in [2.75, 3.05) is 37.6 Å². The van der Waals surface area contributed by atoms with E-state index in [1.807, 2.05) is 6.92 Å². The molecule has 7 nitrogen and oxygen atoms in total. The SMILES string of the molecule is Cc1ccc([C@@H](C)NC(=O)C[NH+]2CCN(c3ccc([N+](=O)[O-])cc3)CC2)cc1C. The van der Waals surface area contributed by atoms with Gasteiger partial charge < -0.3 is 15.1 Å². The molecule has 0 unspecified atom stereocenters. The van der Waals surface area contributed by atoms with Crippen LogP contribution in [0.2, 0.25) is 0 Å². The fourth-order valence-corrected chi connectivity index (χ4v) is 3.68. The van der Waals surface area contributed by atoms with Crippen molar-refractivity contribution in [2.24, 2.45) is 0 Å². The molecule has 29 heavy (non-hydrogen) atoms. The quantitative estimate of drug-likeness (QED) is 0.575. The zero-order valence-electron chi connectivity index (χ0n) is 17.3. The molecule has 0 aromatic heterocycles. The first kappa shape index (κ1) is 20.8. The maximum atomic E-state index is 12.5. The van der Waals surface area contributed by atoms with Crippen LogP contribution in [0.4, 0.5) is 11.4 Å². The molecule has 7 heteroatoms. The minimum Gasteiger partial charge on any atom is -0.360 e. The van der Waals surface area contributed by atoms with Crippen LogP contribution < -0.4 is 15.1 Å². The van der Waals surface area contributed by atoms with Gasteiger partial charge in [-0.2, -0.15) is 0 Å². The van der Waals surface area contributed by atoms with E-state index in [2.05, 4.69) is 42.3 Å². The number of carbonyl (C=O) groups is 1. The molecule has 1 amide bonds. The first-order chi connectivity index (χ1) is 13.8. The van der Waals surface area contributed by atoms with Crippen molar-refractivity contribution in [3.05, 3.63) is 69.3 Å². The van der Waals surface area contributed by atoms with E-state index in [0.717, 1.165) is 37.4 Å². The number of non-ortho nitro benzene ring substituents is 1. The van der Waals surface area contributed by atoms with E-state index < -0.39 is 0 Å². The maximum absolute atomic E-state index is 12.5. The van der Waals surface area contributed by atoms with Crippen LogP contribution in [0.1, 0.15) is 29.7 Å². The number of rotatable bonds is 6. The molecule has 0 bridgehead atoms. The van der Waals surface area contributed by atoms with Crippen LogP contribution in [-0.4, -0.2) is 43.6 Å². The third-order valence-electron chi connectivity index (χ3n) is 5.72. The molecular formula is C22H29N4O3+. The standard InChI is InChI=1S/C22H28N4O3/c1-16-4-5-19(14-17(16)2)18(3)23-22(27)15-24-10-12-25(13-11-24)20-6-8-21(9-7-20)26(28)29/h4-9,14,18H,10-13,15H2,1-3H3,(H,23,27)/p+1/t18-/m1/s1. The minimum atomic E-state index is -0.386. The molecule has 2 aromatic rings. The Hall–Kier alpha value is -2.93. The Morgan fingerprint density at radius 3 is 2.38 bits per heavy atom. The highest BCUT2D eigenvalue weighted by atomic mass is 16.6. The number of aryl methyl sites for hydroxylation is 2. The average molecular weight is 397 g/mol. The predicted octanol–water partition coefficient (Wildman–Crippen LogP) is 1.79. The van der Waals surface area contributed by atoms with Crippen LogP contribution in [-0.2, 0) is 4.79 Å². The average Bonchev–Trinajstić information content (AvgIpc) is 2.70. The second kappa shape index (κ2) is 9.05. The third kappa shape index (κ3) is 5.32. The number of carbonyl (C=O) groups excluding carboxylic acids is 1. The first-order valence-corrected chi connectivity index (χ1v) is 10.0. The second-order valence-corrected chi connectivity index (χ2v) is 7.82. The predicted molar refractivity (Wildman–Crippen MR) is 113 cm³/mol. The van der Waals surface area contributed by atoms with Crippen molar-refractivity contribution >= 4 is 17.3 Å². The van der Waals surface area contributed by atoms with Crippen LogP contribution >= 0.6 is 0 Å². The summed E-state index contributed by atoms with van der Waals surface area (Å²) in [6.45, 7) is 10.0. The lowest BCUT2D eigenvalue weighted by Gasteiger charge is -2.33. The summed E-state index contributed by atoms with van der Waals surface area (Å²) in [5.74, 6) is 0.0644. The van der Waals surface area contributed by atoms with Gasteiger partial charge >= 0.3 is 0 Å². The molecule has 2 aromatic carbocycles. The topological polar surface area (TPSA) is 79.9 Å². The number of nitrogens with one attached hydrogen (secondary N) is 2. The molecule has 154 valence electrons. The lowest BCUT2D eigenvalue weighted by molar-refractivity contribution is -0.892. The van der Waals surface area contributed by atoms with E-state index in [1.165, 1.54) is 28.2 Å². The molecule has 1 aliphatic heterocycles. The zero-order chi connectivity index (χ0) is 21.0. The summed E-state index contributed by atoms with van der Waals surface area (Å²) in [6, 6.07) is 13.0. The van der Waals surface area contributed by atoms with E-state index >= 15 is 0 Å². The van der Waals surface area contributed by atoms with Crippen molar-refractivity contribution < 1.29 is 14.6 Å². The molecule has 1 atom stereocenters. The Morgan fingerprint density at radius 1 is 1.14 bits per heavy atom. The number of quaternary nitrogens is 1. The summed E-state index contributed by atoms with van der Waals surface area (Å²) in [5.41, 5.74) is 4.70. The Labute approximate surface area is 171 Å². The van der Waals surface area contributed by atoms with Crippen molar-refractivity contribution in [1.82, 2.24) is 5.32 Å². The van der Waals surface area contributed by atoms with Crippen molar-refractivity contribution in [2.45, 2.75) is 26.8 Å². The van der Waals surface area contributed by atoms with E-state index in [-0.39, 0.29) is 22.6 Å². The molecule has 0 spiro atoms. The van der Waals surface area contributed by atoms with Crippen LogP contribution in [0, 0.1) is 24.0 Å². The van der Waals surface area contributed by atoms with Gasteiger partial charge in [-0.15, -0.1) is 0 Å². The molecule has 0 aliphatic carbocycles. The smallest absolute Gasteiger partial charge is 0.275 e. The van der Waals surface area contributed by atoms with Gasteiger partial charge in [0.15, 0.2) is 6.54 Å². The van der Waals surface area contributed by atoms with Gasteiger partial charge in [0, 0.05) is 17.8 Å². The summed E-state index contributed by atoms with van der Waals surface area (Å²) in [5, 5.41) is 13.9. The van der Waals surface area contributed by atoms with Gasteiger partial charge in [0.2, 0.25) is 0 Å². The van der Waals surface area contributed by atoms with E-state index in [4.69, 9.17) is 0 Å². The van der Waals surface area contributed by atoms with Crippen LogP contribution in [0.15, 0.2) is 42.5 Å². The van der Waals surface area contributed by atoms with Crippen LogP contribution in [0.25, 0.3) is 0 Å². The van der Waals surface area contributed by atoms with E-state index in [9.17, 15) is 14.9 Å². The molecular weight excluding hydrogens is 368 g/mol. The number of nitro benzene ring substituents is 1. The fourth-order valence-electron chi connectivity index (χ4n) is 3.68. The molecule has 3 rings (SSSR count). The lowest BCUT2D eigenvalue weighted by Crippen LogP contribution is -3.15. The van der Waals surface area contributed by atoms with Crippen molar-refractivity contribution in [3.8, 4) is 0 Å². The largest absolute Gasteiger partial charge is 0.360 e. The van der Waals surface area contributed by atoms with Gasteiger partial charge in [-0.1, -0.05) is 18.2 Å². The maximum Gasteiger partial charge on any atom is 0.275 e. The van der Waals surface area contributed by atoms with Gasteiger partial charge in [0.05, 0.1) is 37.1 Å². The molecule has 0 radical (unpaired) electrons. The highest BCUT2D eigenvalue weighted by Crippen LogP contribution is 2.19. The van der Waals surface area contributed by atoms with Gasteiger partial charge in [-0.3, -0.25) is 14.9 Å². The molecule has 1 fully saturated rings. The van der Waals surface area contributed by atoms with Gasteiger partial charge in [0.25, 0.3) is 11.6 Å². The number of benzene rings is 2. The van der Waals surface area contributed by atoms with Crippen LogP contribution in [0.3, 0.4) is 0 Å². The van der Waals surface area contributed by atoms with Crippen molar-refractivity contribution in [3.63, 3.8) is 0 Å². The number of amides is 1. The van der Waals surface area contributed by atoms with E-state index in [0.29, 0.717) is 6.54 Å². The summed E-state index contributed by atoms with van der Waals surface area (Å²) >= 11 is 0. The summed E-state index contributed by atoms with van der Waals surface area (Å²) < 4.78 is 0. The van der Waals surface area contributed by atoms with Crippen LogP contribution in [0.5, 0.6) is 0 Å². The highest BCUT2D eigenvalue weighted by molar-refractivity contribution is 5.77. The monoisotopic (exact) mass is 397 g/mol. The van der Waals surface area contributed by atoms with Gasteiger partial charge in [-0.05, 0) is 49.6 Å². The Morgan fingerprint density at radius 2 is 1.79 bits per heavy atom. The minimum absolute atomic E-state index is 0.0115. The molecule has 2 N–H and O–H groups in total. The Balaban J connectivity index is 1.47. The third-order valence-corrected chi connectivity index (χ3v) is 5.72. The Bertz CT molecular complexity index is 874. The Kier molecular flexibility index (Phi) is 6.49. The van der Waals surface area contributed by atoms with Gasteiger partial charge in [0.1, 0.15) is 0 Å². The lowest BCUT2D eigenvalue weighted by atomic mass is 10.0. The van der Waals surface area contributed by atoms with E-state index in [1.54, 1.807) is 12.1 Å². The number of piperazine rings is 1. The zero-order valence-corrected chi connectivity index (χ0v) is 17.3. The number of nitrogens with zero attached hydrogens (tertiary/aromatic N) is 2. The highest BCUT2D eigenvalue weighted by Gasteiger charge is 2.23. The van der Waals surface area contributed by atoms with Gasteiger partial charge in [-0.25, -0.2) is 0 Å². The second-order valence-electron chi connectivity index (χ2n) is 7.82. The first-order valence-electron chi connectivity index (χ1n) is 10.0. The molecule has 1 saturated heterocycles. The normalized spacial score (nSPS) is 15.8. The fraction of sp³-hybridized carbons (Fsp3) is 0.409. The molecule has 1 aliphatic rings. The number of nitro groups is 1. The van der Waals surface area contributed by atoms with Crippen molar-refractivity contribution in [1.29, 1.82) is 0 Å². The number of hydrogen-bond acceptors (Lipinski definition) is 4. The summed E-state index contributed by atoms with van der Waals surface area (Å²) in [4.78, 5) is 26.4.